The first-order chi connectivity index (χ1) is 7.24. The first kappa shape index (κ1) is 15.4. The molecule has 1 aromatic heterocycles. The second kappa shape index (κ2) is 8.56. The number of halogens is 1. The predicted molar refractivity (Wildman–Crippen MR) is 71.2 cm³/mol. The van der Waals surface area contributed by atoms with E-state index in [1.165, 1.54) is 5.56 Å². The van der Waals surface area contributed by atoms with Gasteiger partial charge in [0.2, 0.25) is 5.91 Å². The molecule has 3 nitrogen and oxygen atoms in total. The molecule has 1 aromatic rings. The van der Waals surface area contributed by atoms with Crippen molar-refractivity contribution in [3.8, 4) is 0 Å². The standard InChI is InChI=1S/C11H18N2OS.ClH/c1-2-3-10(12)11(14)13-6-4-9-5-7-15-8-9;/h5,7-8,10H,2-4,6,12H2,1H3,(H,13,14);1H. The zero-order chi connectivity index (χ0) is 11.1. The molecule has 1 atom stereocenters. The normalized spacial score (nSPS) is 11.6. The van der Waals surface area contributed by atoms with Crippen molar-refractivity contribution in [1.82, 2.24) is 5.32 Å². The molecule has 0 aliphatic rings. The minimum atomic E-state index is -0.350. The van der Waals surface area contributed by atoms with Crippen LogP contribution in [0.2, 0.25) is 0 Å². The first-order valence-electron chi connectivity index (χ1n) is 5.28. The minimum Gasteiger partial charge on any atom is -0.354 e. The van der Waals surface area contributed by atoms with E-state index in [4.69, 9.17) is 5.73 Å². The molecule has 3 N–H and O–H groups in total. The Morgan fingerprint density at radius 1 is 1.62 bits per heavy atom. The van der Waals surface area contributed by atoms with Crippen LogP contribution in [0.15, 0.2) is 16.8 Å². The van der Waals surface area contributed by atoms with Gasteiger partial charge in [0.1, 0.15) is 0 Å². The molecule has 1 unspecified atom stereocenters. The summed E-state index contributed by atoms with van der Waals surface area (Å²) in [6.07, 6.45) is 2.58. The Morgan fingerprint density at radius 2 is 2.38 bits per heavy atom. The number of hydrogen-bond donors (Lipinski definition) is 2. The highest BCUT2D eigenvalue weighted by molar-refractivity contribution is 7.07. The average Bonchev–Trinajstić information content (AvgIpc) is 2.71. The van der Waals surface area contributed by atoms with Gasteiger partial charge in [-0.15, -0.1) is 12.4 Å². The molecule has 0 saturated carbocycles. The Morgan fingerprint density at radius 3 is 2.94 bits per heavy atom. The van der Waals surface area contributed by atoms with Crippen molar-refractivity contribution in [3.05, 3.63) is 22.4 Å². The lowest BCUT2D eigenvalue weighted by molar-refractivity contribution is -0.122. The Kier molecular flexibility index (Phi) is 8.25. The summed E-state index contributed by atoms with van der Waals surface area (Å²) in [5, 5.41) is 6.98. The zero-order valence-corrected chi connectivity index (χ0v) is 11.1. The van der Waals surface area contributed by atoms with Gasteiger partial charge in [-0.25, -0.2) is 0 Å². The molecule has 0 spiro atoms. The van der Waals surface area contributed by atoms with Gasteiger partial charge in [0.25, 0.3) is 0 Å². The van der Waals surface area contributed by atoms with Gasteiger partial charge in [-0.2, -0.15) is 11.3 Å². The maximum atomic E-state index is 11.4. The third-order valence-corrected chi connectivity index (χ3v) is 2.96. The van der Waals surface area contributed by atoms with Crippen molar-refractivity contribution in [1.29, 1.82) is 0 Å². The van der Waals surface area contributed by atoms with Crippen molar-refractivity contribution < 1.29 is 4.79 Å². The third-order valence-electron chi connectivity index (χ3n) is 2.23. The monoisotopic (exact) mass is 262 g/mol. The van der Waals surface area contributed by atoms with Crippen molar-refractivity contribution in [2.45, 2.75) is 32.2 Å². The van der Waals surface area contributed by atoms with E-state index in [0.717, 1.165) is 19.3 Å². The largest absolute Gasteiger partial charge is 0.354 e. The van der Waals surface area contributed by atoms with E-state index >= 15 is 0 Å². The van der Waals surface area contributed by atoms with Crippen LogP contribution < -0.4 is 11.1 Å². The number of carbonyl (C=O) groups excluding carboxylic acids is 1. The molecule has 0 radical (unpaired) electrons. The Hall–Kier alpha value is -0.580. The maximum absolute atomic E-state index is 11.4. The van der Waals surface area contributed by atoms with Crippen LogP contribution in [0.25, 0.3) is 0 Å². The van der Waals surface area contributed by atoms with E-state index in [1.54, 1.807) is 11.3 Å². The van der Waals surface area contributed by atoms with E-state index < -0.39 is 0 Å². The van der Waals surface area contributed by atoms with Crippen molar-refractivity contribution in [2.75, 3.05) is 6.54 Å². The molecule has 0 aromatic carbocycles. The highest BCUT2D eigenvalue weighted by atomic mass is 35.5. The van der Waals surface area contributed by atoms with Gasteiger partial charge in [-0.3, -0.25) is 4.79 Å². The Bertz CT molecular complexity index is 290. The van der Waals surface area contributed by atoms with Gasteiger partial charge >= 0.3 is 0 Å². The summed E-state index contributed by atoms with van der Waals surface area (Å²) in [7, 11) is 0. The van der Waals surface area contributed by atoms with Gasteiger partial charge in [-0.05, 0) is 35.2 Å². The van der Waals surface area contributed by atoms with Crippen molar-refractivity contribution in [3.63, 3.8) is 0 Å². The SMILES string of the molecule is CCCC(N)C(=O)NCCc1ccsc1.Cl. The van der Waals surface area contributed by atoms with Crippen LogP contribution in [-0.4, -0.2) is 18.5 Å². The average molecular weight is 263 g/mol. The predicted octanol–water partition coefficient (Wildman–Crippen LogP) is 1.96. The summed E-state index contributed by atoms with van der Waals surface area (Å²) in [4.78, 5) is 11.4. The van der Waals surface area contributed by atoms with E-state index in [1.807, 2.05) is 12.3 Å². The molecule has 1 amide bonds. The van der Waals surface area contributed by atoms with E-state index in [2.05, 4.69) is 16.8 Å². The van der Waals surface area contributed by atoms with Gasteiger partial charge in [0.05, 0.1) is 6.04 Å². The van der Waals surface area contributed by atoms with Gasteiger partial charge in [0.15, 0.2) is 0 Å². The third kappa shape index (κ3) is 5.49. The zero-order valence-electron chi connectivity index (χ0n) is 9.44. The molecular formula is C11H19ClN2OS. The van der Waals surface area contributed by atoms with E-state index in [0.29, 0.717) is 6.54 Å². The topological polar surface area (TPSA) is 55.1 Å². The number of rotatable bonds is 6. The van der Waals surface area contributed by atoms with Crippen LogP contribution in [0.5, 0.6) is 0 Å². The summed E-state index contributed by atoms with van der Waals surface area (Å²) in [6, 6.07) is 1.72. The fourth-order valence-electron chi connectivity index (χ4n) is 1.34. The second-order valence-electron chi connectivity index (χ2n) is 3.57. The van der Waals surface area contributed by atoms with Crippen LogP contribution in [0.4, 0.5) is 0 Å². The Balaban J connectivity index is 0.00000225. The lowest BCUT2D eigenvalue weighted by atomic mass is 10.1. The first-order valence-corrected chi connectivity index (χ1v) is 6.22. The number of carbonyl (C=O) groups is 1. The molecule has 16 heavy (non-hydrogen) atoms. The minimum absolute atomic E-state index is 0. The van der Waals surface area contributed by atoms with E-state index in [-0.39, 0.29) is 24.4 Å². The van der Waals surface area contributed by atoms with Crippen LogP contribution >= 0.6 is 23.7 Å². The van der Waals surface area contributed by atoms with Crippen LogP contribution in [0.3, 0.4) is 0 Å². The smallest absolute Gasteiger partial charge is 0.236 e. The molecule has 1 heterocycles. The summed E-state index contributed by atoms with van der Waals surface area (Å²) in [6.45, 7) is 2.70. The molecule has 0 fully saturated rings. The summed E-state index contributed by atoms with van der Waals surface area (Å²) >= 11 is 1.68. The molecule has 5 heteroatoms. The number of nitrogens with one attached hydrogen (secondary N) is 1. The number of hydrogen-bond acceptors (Lipinski definition) is 3. The molecule has 0 saturated heterocycles. The second-order valence-corrected chi connectivity index (χ2v) is 4.35. The fraction of sp³-hybridized carbons (Fsp3) is 0.545. The molecular weight excluding hydrogens is 244 g/mol. The fourth-order valence-corrected chi connectivity index (χ4v) is 2.04. The summed E-state index contributed by atoms with van der Waals surface area (Å²) in [5.41, 5.74) is 6.95. The van der Waals surface area contributed by atoms with Crippen molar-refractivity contribution in [2.24, 2.45) is 5.73 Å². The quantitative estimate of drug-likeness (QED) is 0.823. The summed E-state index contributed by atoms with van der Waals surface area (Å²) in [5.74, 6) is -0.0351. The molecule has 0 aliphatic heterocycles. The molecule has 0 aliphatic carbocycles. The van der Waals surface area contributed by atoms with E-state index in [9.17, 15) is 4.79 Å². The van der Waals surface area contributed by atoms with Gasteiger partial charge in [-0.1, -0.05) is 13.3 Å². The van der Waals surface area contributed by atoms with Crippen molar-refractivity contribution >= 4 is 29.7 Å². The van der Waals surface area contributed by atoms with Gasteiger partial charge < -0.3 is 11.1 Å². The number of nitrogens with two attached hydrogens (primary N) is 1. The number of thiophene rings is 1. The van der Waals surface area contributed by atoms with Crippen LogP contribution in [0.1, 0.15) is 25.3 Å². The Labute approximate surface area is 107 Å². The van der Waals surface area contributed by atoms with Crippen LogP contribution in [-0.2, 0) is 11.2 Å². The molecule has 1 rings (SSSR count). The highest BCUT2D eigenvalue weighted by Gasteiger charge is 2.10. The highest BCUT2D eigenvalue weighted by Crippen LogP contribution is 2.05. The molecule has 92 valence electrons. The van der Waals surface area contributed by atoms with Gasteiger partial charge in [0, 0.05) is 6.54 Å². The molecule has 0 bridgehead atoms. The van der Waals surface area contributed by atoms with Crippen LogP contribution in [0, 0.1) is 0 Å². The summed E-state index contributed by atoms with van der Waals surface area (Å²) < 4.78 is 0. The lowest BCUT2D eigenvalue weighted by Gasteiger charge is -2.10. The maximum Gasteiger partial charge on any atom is 0.236 e. The number of amides is 1. The lowest BCUT2D eigenvalue weighted by Crippen LogP contribution is -2.41.